The minimum absolute atomic E-state index is 0.293. The molecule has 0 aliphatic rings. The molecule has 0 radical (unpaired) electrons. The Morgan fingerprint density at radius 2 is 0.971 bits per heavy atom. The van der Waals surface area contributed by atoms with Crippen LogP contribution in [-0.2, 0) is 0 Å². The molecule has 0 spiro atoms. The molecule has 0 amide bonds. The normalized spacial score (nSPS) is 10.4. The molecule has 5 rings (SSSR count). The summed E-state index contributed by atoms with van der Waals surface area (Å²) in [5.74, 6) is 0.670. The Morgan fingerprint density at radius 3 is 1.31 bits per heavy atom. The van der Waals surface area contributed by atoms with Crippen molar-refractivity contribution in [3.63, 3.8) is 0 Å². The fourth-order valence-corrected chi connectivity index (χ4v) is 4.15. The number of rotatable bonds is 4. The van der Waals surface area contributed by atoms with Gasteiger partial charge >= 0.3 is 0 Å². The molecule has 0 atom stereocenters. The first-order chi connectivity index (χ1) is 16.9. The van der Waals surface area contributed by atoms with Gasteiger partial charge in [0.25, 0.3) is 0 Å². The third kappa shape index (κ3) is 6.10. The first kappa shape index (κ1) is 24.1. The summed E-state index contributed by atoms with van der Waals surface area (Å²) in [6, 6.07) is 38.4. The number of nitrogens with two attached hydrogens (primary N) is 1. The van der Waals surface area contributed by atoms with E-state index >= 15 is 0 Å². The van der Waals surface area contributed by atoms with E-state index in [1.54, 1.807) is 4.68 Å². The van der Waals surface area contributed by atoms with Crippen LogP contribution >= 0.6 is 0 Å². The highest BCUT2D eigenvalue weighted by Crippen LogP contribution is 2.13. The number of nitrogens with zero attached hydrogens (tertiary/aromatic N) is 2. The second-order valence-electron chi connectivity index (χ2n) is 9.12. The lowest BCUT2D eigenvalue weighted by Gasteiger charge is -2.16. The lowest BCUT2D eigenvalue weighted by molar-refractivity contribution is 0.872. The Kier molecular flexibility index (Phi) is 7.52. The monoisotopic (exact) mass is 457 g/mol. The third-order valence-electron chi connectivity index (χ3n) is 6.09. The Hall–Kier alpha value is -4.05. The van der Waals surface area contributed by atoms with Crippen LogP contribution in [0, 0.1) is 27.7 Å². The molecule has 5 aromatic rings. The first-order valence-corrected chi connectivity index (χ1v) is 12.0. The molecule has 4 heteroatoms. The first-order valence-electron chi connectivity index (χ1n) is 12.0. The lowest BCUT2D eigenvalue weighted by atomic mass is 9.37. The summed E-state index contributed by atoms with van der Waals surface area (Å²) in [5.41, 5.74) is 15.6. The highest BCUT2D eigenvalue weighted by atomic mass is 15.3. The van der Waals surface area contributed by atoms with E-state index in [0.717, 1.165) is 11.4 Å². The third-order valence-corrected chi connectivity index (χ3v) is 6.09. The van der Waals surface area contributed by atoms with E-state index in [2.05, 4.69) is 98.7 Å². The van der Waals surface area contributed by atoms with Gasteiger partial charge in [0, 0.05) is 6.07 Å². The maximum absolute atomic E-state index is 5.77. The zero-order valence-electron chi connectivity index (χ0n) is 20.9. The summed E-state index contributed by atoms with van der Waals surface area (Å²) in [7, 11) is 0. The van der Waals surface area contributed by atoms with Crippen LogP contribution in [0.2, 0.25) is 0 Å². The van der Waals surface area contributed by atoms with Crippen molar-refractivity contribution in [1.29, 1.82) is 0 Å². The molecule has 0 unspecified atom stereocenters. The number of aromatic nitrogens is 2. The fraction of sp³-hybridized carbons (Fsp3) is 0.129. The van der Waals surface area contributed by atoms with Crippen molar-refractivity contribution in [2.45, 2.75) is 27.7 Å². The summed E-state index contributed by atoms with van der Waals surface area (Å²) in [6.07, 6.45) is 0. The number of benzene rings is 4. The van der Waals surface area contributed by atoms with Crippen molar-refractivity contribution in [3.8, 4) is 5.69 Å². The van der Waals surface area contributed by atoms with Crippen LogP contribution in [0.25, 0.3) is 5.69 Å². The largest absolute Gasteiger partial charge is 0.384 e. The van der Waals surface area contributed by atoms with Crippen LogP contribution in [0.15, 0.2) is 109 Å². The van der Waals surface area contributed by atoms with Crippen LogP contribution in [-0.4, -0.2) is 16.5 Å². The van der Waals surface area contributed by atoms with Crippen molar-refractivity contribution in [2.75, 3.05) is 5.73 Å². The Balaban J connectivity index is 0.000000189. The molecular weight excluding hydrogens is 425 g/mol. The molecule has 1 aromatic heterocycles. The molecule has 0 saturated carbocycles. The van der Waals surface area contributed by atoms with E-state index < -0.39 is 0 Å². The van der Waals surface area contributed by atoms with Gasteiger partial charge in [-0.15, -0.1) is 0 Å². The molecule has 3 nitrogen and oxygen atoms in total. The molecular formula is C31H32BN3. The van der Waals surface area contributed by atoms with Gasteiger partial charge in [-0.2, -0.15) is 5.10 Å². The van der Waals surface area contributed by atoms with Gasteiger partial charge in [0.05, 0.1) is 11.4 Å². The molecule has 4 aromatic carbocycles. The number of hydrogen-bond donors (Lipinski definition) is 1. The van der Waals surface area contributed by atoms with Gasteiger partial charge in [0.2, 0.25) is 6.71 Å². The molecule has 35 heavy (non-hydrogen) atoms. The Morgan fingerprint density at radius 1 is 0.571 bits per heavy atom. The molecule has 174 valence electrons. The summed E-state index contributed by atoms with van der Waals surface area (Å²) >= 11 is 0. The summed E-state index contributed by atoms with van der Waals surface area (Å²) in [6.45, 7) is 8.63. The van der Waals surface area contributed by atoms with Crippen LogP contribution in [0.4, 0.5) is 5.82 Å². The van der Waals surface area contributed by atoms with Crippen molar-refractivity contribution >= 4 is 28.9 Å². The highest BCUT2D eigenvalue weighted by molar-refractivity contribution is 6.95. The van der Waals surface area contributed by atoms with Gasteiger partial charge < -0.3 is 5.73 Å². The predicted molar refractivity (Wildman–Crippen MR) is 151 cm³/mol. The van der Waals surface area contributed by atoms with Gasteiger partial charge in [-0.25, -0.2) is 4.68 Å². The van der Waals surface area contributed by atoms with Crippen LogP contribution in [0.3, 0.4) is 0 Å². The van der Waals surface area contributed by atoms with E-state index in [4.69, 9.17) is 5.73 Å². The average molecular weight is 457 g/mol. The van der Waals surface area contributed by atoms with Gasteiger partial charge in [0.1, 0.15) is 5.82 Å². The van der Waals surface area contributed by atoms with Crippen LogP contribution < -0.4 is 22.1 Å². The van der Waals surface area contributed by atoms with E-state index in [9.17, 15) is 0 Å². The molecule has 0 bridgehead atoms. The quantitative estimate of drug-likeness (QED) is 0.391. The Labute approximate surface area is 209 Å². The molecule has 0 saturated heterocycles. The maximum atomic E-state index is 5.77. The molecule has 2 N–H and O–H groups in total. The summed E-state index contributed by atoms with van der Waals surface area (Å²) in [4.78, 5) is 0. The second-order valence-corrected chi connectivity index (χ2v) is 9.12. The lowest BCUT2D eigenvalue weighted by Crippen LogP contribution is -2.51. The number of aryl methyl sites for hydroxylation is 4. The SMILES string of the molecule is Cc1cc(N)n(-c2ccccc2)n1.Cc1ccc(B(c2ccc(C)cc2)c2ccc(C)cc2)cc1. The van der Waals surface area contributed by atoms with Gasteiger partial charge in [-0.1, -0.05) is 124 Å². The molecule has 0 aliphatic heterocycles. The molecule has 0 fully saturated rings. The molecule has 0 aliphatic carbocycles. The summed E-state index contributed by atoms with van der Waals surface area (Å²) in [5, 5.41) is 4.27. The standard InChI is InChI=1S/C21H21B.C10H11N3/c1-16-4-10-19(11-5-16)22(20-12-6-17(2)7-13-20)21-14-8-18(3)9-15-21;1-8-7-10(11)13(12-8)9-5-3-2-4-6-9/h4-15H,1-3H3;2-7H,11H2,1H3. The van der Waals surface area contributed by atoms with E-state index in [1.165, 1.54) is 33.1 Å². The fourth-order valence-electron chi connectivity index (χ4n) is 4.15. The van der Waals surface area contributed by atoms with E-state index in [1.807, 2.05) is 43.3 Å². The van der Waals surface area contributed by atoms with Crippen LogP contribution in [0.1, 0.15) is 22.4 Å². The average Bonchev–Trinajstić information content (AvgIpc) is 3.21. The zero-order chi connectivity index (χ0) is 24.8. The van der Waals surface area contributed by atoms with E-state index in [-0.39, 0.29) is 0 Å². The van der Waals surface area contributed by atoms with Crippen molar-refractivity contribution in [2.24, 2.45) is 0 Å². The van der Waals surface area contributed by atoms with Crippen molar-refractivity contribution in [1.82, 2.24) is 9.78 Å². The zero-order valence-corrected chi connectivity index (χ0v) is 20.9. The van der Waals surface area contributed by atoms with Crippen molar-refractivity contribution in [3.05, 3.63) is 132 Å². The smallest absolute Gasteiger partial charge is 0.241 e. The van der Waals surface area contributed by atoms with Gasteiger partial charge in [0.15, 0.2) is 0 Å². The Bertz CT molecular complexity index is 1250. The van der Waals surface area contributed by atoms with Crippen LogP contribution in [0.5, 0.6) is 0 Å². The maximum Gasteiger partial charge on any atom is 0.241 e. The van der Waals surface area contributed by atoms with Gasteiger partial charge in [-0.05, 0) is 39.8 Å². The number of hydrogen-bond acceptors (Lipinski definition) is 2. The van der Waals surface area contributed by atoms with Crippen molar-refractivity contribution < 1.29 is 0 Å². The topological polar surface area (TPSA) is 43.8 Å². The van der Waals surface area contributed by atoms with E-state index in [0.29, 0.717) is 12.5 Å². The highest BCUT2D eigenvalue weighted by Gasteiger charge is 2.21. The summed E-state index contributed by atoms with van der Waals surface area (Å²) < 4.78 is 1.73. The minimum atomic E-state index is 0.293. The number of para-hydroxylation sites is 1. The molecule has 1 heterocycles. The second kappa shape index (κ2) is 10.9. The number of nitrogen functional groups attached to an aromatic ring is 1. The minimum Gasteiger partial charge on any atom is -0.384 e. The van der Waals surface area contributed by atoms with Gasteiger partial charge in [-0.3, -0.25) is 0 Å². The number of anilines is 1. The predicted octanol–water partition coefficient (Wildman–Crippen LogP) is 4.89.